The lowest BCUT2D eigenvalue weighted by Gasteiger charge is -2.28. The van der Waals surface area contributed by atoms with E-state index in [0.29, 0.717) is 44.1 Å². The lowest BCUT2D eigenvalue weighted by molar-refractivity contribution is -0.119. The Bertz CT molecular complexity index is 1410. The van der Waals surface area contributed by atoms with Crippen LogP contribution >= 0.6 is 0 Å². The van der Waals surface area contributed by atoms with Gasteiger partial charge in [0.15, 0.2) is 0 Å². The number of aromatic amines is 1. The molecule has 1 fully saturated rings. The standard InChI is InChI=1S/C27H28N6O4/c1-36-20-4-2-3-18(13-20)15-30-24(34)16-29-23-6-5-19(25-21-7-8-28-26(21)32-17-31-25)14-22(23)27(35)33-9-11-37-12-10-33/h2-8,13-14,17,29H,9-12,15-16H2,1H3,(H,30,34)(H,28,31,32). The second kappa shape index (κ2) is 11.1. The van der Waals surface area contributed by atoms with Crippen molar-refractivity contribution < 1.29 is 19.1 Å². The molecular formula is C27H28N6O4. The van der Waals surface area contributed by atoms with Crippen LogP contribution in [0.3, 0.4) is 0 Å². The number of amides is 2. The van der Waals surface area contributed by atoms with Gasteiger partial charge in [-0.1, -0.05) is 18.2 Å². The maximum Gasteiger partial charge on any atom is 0.256 e. The fraction of sp³-hybridized carbons (Fsp3) is 0.259. The van der Waals surface area contributed by atoms with Gasteiger partial charge in [-0.3, -0.25) is 9.59 Å². The third-order valence-electron chi connectivity index (χ3n) is 6.24. The average molecular weight is 501 g/mol. The summed E-state index contributed by atoms with van der Waals surface area (Å²) in [5, 5.41) is 6.91. The molecule has 10 heteroatoms. The lowest BCUT2D eigenvalue weighted by atomic mass is 10.0. The minimum absolute atomic E-state index is 0.0161. The largest absolute Gasteiger partial charge is 0.497 e. The molecule has 0 radical (unpaired) electrons. The van der Waals surface area contributed by atoms with Crippen LogP contribution in [-0.4, -0.2) is 71.6 Å². The number of morpholine rings is 1. The number of nitrogens with zero attached hydrogens (tertiary/aromatic N) is 3. The lowest BCUT2D eigenvalue weighted by Crippen LogP contribution is -2.41. The van der Waals surface area contributed by atoms with Gasteiger partial charge >= 0.3 is 0 Å². The number of methoxy groups -OCH3 is 1. The summed E-state index contributed by atoms with van der Waals surface area (Å²) < 4.78 is 10.6. The van der Waals surface area contributed by atoms with Crippen LogP contribution in [0.5, 0.6) is 5.75 Å². The summed E-state index contributed by atoms with van der Waals surface area (Å²) >= 11 is 0. The van der Waals surface area contributed by atoms with Gasteiger partial charge in [0.25, 0.3) is 5.91 Å². The number of rotatable bonds is 8. The Labute approximate surface area is 214 Å². The number of ether oxygens (including phenoxy) is 2. The highest BCUT2D eigenvalue weighted by molar-refractivity contribution is 6.02. The molecule has 1 saturated heterocycles. The molecule has 190 valence electrons. The molecule has 0 spiro atoms. The first kappa shape index (κ1) is 24.3. The van der Waals surface area contributed by atoms with Crippen LogP contribution in [0, 0.1) is 0 Å². The maximum atomic E-state index is 13.5. The molecule has 1 aliphatic heterocycles. The molecule has 10 nitrogen and oxygen atoms in total. The second-order valence-electron chi connectivity index (χ2n) is 8.61. The van der Waals surface area contributed by atoms with Crippen molar-refractivity contribution in [3.63, 3.8) is 0 Å². The number of fused-ring (bicyclic) bond motifs is 1. The molecular weight excluding hydrogens is 472 g/mol. The third kappa shape index (κ3) is 5.54. The summed E-state index contributed by atoms with van der Waals surface area (Å²) in [6.07, 6.45) is 3.30. The first-order chi connectivity index (χ1) is 18.1. The van der Waals surface area contributed by atoms with Crippen LogP contribution in [-0.2, 0) is 16.1 Å². The number of carbonyl (C=O) groups excluding carboxylic acids is 2. The molecule has 4 aromatic rings. The van der Waals surface area contributed by atoms with E-state index in [9.17, 15) is 9.59 Å². The molecule has 2 aromatic heterocycles. The molecule has 5 rings (SSSR count). The van der Waals surface area contributed by atoms with Crippen molar-refractivity contribution in [2.24, 2.45) is 0 Å². The summed E-state index contributed by atoms with van der Waals surface area (Å²) in [6.45, 7) is 2.41. The van der Waals surface area contributed by atoms with Gasteiger partial charge < -0.3 is 30.0 Å². The van der Waals surface area contributed by atoms with Crippen LogP contribution < -0.4 is 15.4 Å². The normalized spacial score (nSPS) is 13.4. The van der Waals surface area contributed by atoms with Crippen molar-refractivity contribution in [2.45, 2.75) is 6.54 Å². The van der Waals surface area contributed by atoms with Gasteiger partial charge in [-0.05, 0) is 35.9 Å². The number of benzene rings is 2. The minimum atomic E-state index is -0.193. The van der Waals surface area contributed by atoms with Crippen molar-refractivity contribution in [1.29, 1.82) is 0 Å². The van der Waals surface area contributed by atoms with Crippen molar-refractivity contribution in [3.05, 3.63) is 72.2 Å². The van der Waals surface area contributed by atoms with Gasteiger partial charge in [-0.25, -0.2) is 9.97 Å². The Morgan fingerprint density at radius 2 is 1.97 bits per heavy atom. The van der Waals surface area contributed by atoms with E-state index >= 15 is 0 Å². The van der Waals surface area contributed by atoms with Crippen LogP contribution in [0.1, 0.15) is 15.9 Å². The number of carbonyl (C=O) groups is 2. The van der Waals surface area contributed by atoms with Crippen molar-refractivity contribution in [1.82, 2.24) is 25.2 Å². The number of H-pyrrole nitrogens is 1. The summed E-state index contributed by atoms with van der Waals surface area (Å²) in [5.74, 6) is 0.419. The van der Waals surface area contributed by atoms with Crippen LogP contribution in [0.15, 0.2) is 61.1 Å². The molecule has 0 bridgehead atoms. The molecule has 1 aliphatic rings. The summed E-state index contributed by atoms with van der Waals surface area (Å²) in [4.78, 5) is 39.7. The van der Waals surface area contributed by atoms with E-state index in [-0.39, 0.29) is 18.4 Å². The third-order valence-corrected chi connectivity index (χ3v) is 6.24. The summed E-state index contributed by atoms with van der Waals surface area (Å²) in [5.41, 5.74) is 4.22. The number of anilines is 1. The summed E-state index contributed by atoms with van der Waals surface area (Å²) in [7, 11) is 1.61. The number of nitrogens with one attached hydrogen (secondary N) is 3. The van der Waals surface area contributed by atoms with Gasteiger partial charge in [0.2, 0.25) is 5.91 Å². The van der Waals surface area contributed by atoms with Gasteiger partial charge in [0.05, 0.1) is 38.1 Å². The van der Waals surface area contributed by atoms with E-state index in [4.69, 9.17) is 9.47 Å². The smallest absolute Gasteiger partial charge is 0.256 e. The molecule has 2 aromatic carbocycles. The SMILES string of the molecule is COc1cccc(CNC(=O)CNc2ccc(-c3ncnc4[nH]ccc34)cc2C(=O)N2CCOCC2)c1. The van der Waals surface area contributed by atoms with E-state index in [1.54, 1.807) is 12.0 Å². The quantitative estimate of drug-likeness (QED) is 0.340. The Balaban J connectivity index is 1.35. The topological polar surface area (TPSA) is 121 Å². The molecule has 2 amide bonds. The van der Waals surface area contributed by atoms with Gasteiger partial charge in [0, 0.05) is 42.5 Å². The molecule has 37 heavy (non-hydrogen) atoms. The zero-order valence-electron chi connectivity index (χ0n) is 20.5. The Hall–Kier alpha value is -4.44. The highest BCUT2D eigenvalue weighted by Crippen LogP contribution is 2.29. The molecule has 0 saturated carbocycles. The van der Waals surface area contributed by atoms with Gasteiger partial charge in [0.1, 0.15) is 17.7 Å². The first-order valence-corrected chi connectivity index (χ1v) is 12.1. The zero-order chi connectivity index (χ0) is 25.6. The fourth-order valence-electron chi connectivity index (χ4n) is 4.28. The zero-order valence-corrected chi connectivity index (χ0v) is 20.5. The molecule has 0 aliphatic carbocycles. The highest BCUT2D eigenvalue weighted by atomic mass is 16.5. The number of hydrogen-bond acceptors (Lipinski definition) is 7. The van der Waals surface area contributed by atoms with E-state index in [2.05, 4.69) is 25.6 Å². The average Bonchev–Trinajstić information content (AvgIpc) is 3.44. The predicted octanol–water partition coefficient (Wildman–Crippen LogP) is 2.83. The van der Waals surface area contributed by atoms with E-state index in [0.717, 1.165) is 33.6 Å². The van der Waals surface area contributed by atoms with Crippen molar-refractivity contribution >= 4 is 28.5 Å². The van der Waals surface area contributed by atoms with Crippen LogP contribution in [0.4, 0.5) is 5.69 Å². The van der Waals surface area contributed by atoms with Crippen LogP contribution in [0.25, 0.3) is 22.3 Å². The highest BCUT2D eigenvalue weighted by Gasteiger charge is 2.23. The molecule has 3 heterocycles. The second-order valence-corrected chi connectivity index (χ2v) is 8.61. The summed E-state index contributed by atoms with van der Waals surface area (Å²) in [6, 6.07) is 15.0. The Kier molecular flexibility index (Phi) is 7.27. The van der Waals surface area contributed by atoms with E-state index in [1.165, 1.54) is 6.33 Å². The van der Waals surface area contributed by atoms with Gasteiger partial charge in [-0.15, -0.1) is 0 Å². The molecule has 0 atom stereocenters. The molecule has 3 N–H and O–H groups in total. The van der Waals surface area contributed by atoms with E-state index < -0.39 is 0 Å². The van der Waals surface area contributed by atoms with Crippen molar-refractivity contribution in [3.8, 4) is 17.0 Å². The van der Waals surface area contributed by atoms with Crippen LogP contribution in [0.2, 0.25) is 0 Å². The number of aromatic nitrogens is 3. The first-order valence-electron chi connectivity index (χ1n) is 12.1. The maximum absolute atomic E-state index is 13.5. The van der Waals surface area contributed by atoms with E-state index in [1.807, 2.05) is 54.7 Å². The number of hydrogen-bond donors (Lipinski definition) is 3. The predicted molar refractivity (Wildman–Crippen MR) is 139 cm³/mol. The monoisotopic (exact) mass is 500 g/mol. The Morgan fingerprint density at radius 3 is 2.81 bits per heavy atom. The van der Waals surface area contributed by atoms with Crippen molar-refractivity contribution in [2.75, 3.05) is 45.3 Å². The molecule has 0 unspecified atom stereocenters. The van der Waals surface area contributed by atoms with Gasteiger partial charge in [-0.2, -0.15) is 0 Å². The fourth-order valence-corrected chi connectivity index (χ4v) is 4.28. The minimum Gasteiger partial charge on any atom is -0.497 e. The Morgan fingerprint density at radius 1 is 1.11 bits per heavy atom.